The van der Waals surface area contributed by atoms with E-state index in [1.54, 1.807) is 0 Å². The molecule has 2 aliphatic heterocycles. The number of hydrogen-bond donors (Lipinski definition) is 1. The molecule has 1 aromatic rings. The lowest BCUT2D eigenvalue weighted by atomic mass is 9.98. The number of carbonyl (C=O) groups excluding carboxylic acids is 2. The van der Waals surface area contributed by atoms with Gasteiger partial charge in [0, 0.05) is 31.6 Å². The molecule has 2 fully saturated rings. The van der Waals surface area contributed by atoms with E-state index in [1.165, 1.54) is 9.21 Å². The van der Waals surface area contributed by atoms with Crippen LogP contribution in [0, 0.1) is 17.6 Å². The molecular formula is C18H23F2N3O4S. The van der Waals surface area contributed by atoms with Crippen molar-refractivity contribution in [3.05, 3.63) is 35.4 Å². The number of likely N-dealkylation sites (tertiary alicyclic amines) is 1. The Morgan fingerprint density at radius 3 is 2.75 bits per heavy atom. The van der Waals surface area contributed by atoms with Gasteiger partial charge in [-0.1, -0.05) is 0 Å². The minimum Gasteiger partial charge on any atom is -0.350 e. The van der Waals surface area contributed by atoms with Gasteiger partial charge in [0.25, 0.3) is 0 Å². The molecule has 0 aliphatic carbocycles. The second kappa shape index (κ2) is 8.12. The Labute approximate surface area is 162 Å². The second-order valence-electron chi connectivity index (χ2n) is 7.33. The fourth-order valence-corrected chi connectivity index (χ4v) is 4.74. The number of nitrogens with one attached hydrogen (secondary N) is 1. The van der Waals surface area contributed by atoms with Gasteiger partial charge in [-0.3, -0.25) is 9.59 Å². The zero-order chi connectivity index (χ0) is 20.5. The number of rotatable bonds is 5. The molecule has 7 nitrogen and oxygen atoms in total. The maximum Gasteiger partial charge on any atom is 0.239 e. The van der Waals surface area contributed by atoms with Gasteiger partial charge in [0.15, 0.2) is 0 Å². The van der Waals surface area contributed by atoms with E-state index in [0.29, 0.717) is 19.4 Å². The summed E-state index contributed by atoms with van der Waals surface area (Å²) in [6.07, 6.45) is 2.79. The summed E-state index contributed by atoms with van der Waals surface area (Å²) in [6, 6.07) is 2.62. The molecule has 0 spiro atoms. The van der Waals surface area contributed by atoms with Crippen LogP contribution in [0.1, 0.15) is 24.8 Å². The first kappa shape index (κ1) is 20.7. The number of nitrogens with zero attached hydrogens (tertiary/aromatic N) is 2. The number of benzene rings is 1. The van der Waals surface area contributed by atoms with Crippen molar-refractivity contribution in [3.63, 3.8) is 0 Å². The van der Waals surface area contributed by atoms with Crippen LogP contribution in [0.5, 0.6) is 0 Å². The summed E-state index contributed by atoms with van der Waals surface area (Å²) >= 11 is 0. The van der Waals surface area contributed by atoms with Crippen LogP contribution in [0.2, 0.25) is 0 Å². The van der Waals surface area contributed by atoms with E-state index >= 15 is 0 Å². The van der Waals surface area contributed by atoms with Crippen molar-refractivity contribution in [2.75, 3.05) is 25.9 Å². The van der Waals surface area contributed by atoms with Gasteiger partial charge in [0.2, 0.25) is 21.8 Å². The molecule has 0 unspecified atom stereocenters. The van der Waals surface area contributed by atoms with Crippen molar-refractivity contribution in [3.8, 4) is 0 Å². The third kappa shape index (κ3) is 4.67. The molecule has 2 heterocycles. The number of sulfonamides is 1. The van der Waals surface area contributed by atoms with E-state index in [-0.39, 0.29) is 43.1 Å². The lowest BCUT2D eigenvalue weighted by Gasteiger charge is -2.29. The molecule has 28 heavy (non-hydrogen) atoms. The van der Waals surface area contributed by atoms with E-state index in [1.807, 2.05) is 0 Å². The molecular weight excluding hydrogens is 392 g/mol. The summed E-state index contributed by atoms with van der Waals surface area (Å²) < 4.78 is 52.0. The topological polar surface area (TPSA) is 86.8 Å². The molecule has 0 radical (unpaired) electrons. The lowest BCUT2D eigenvalue weighted by Crippen LogP contribution is -2.48. The fraction of sp³-hybridized carbons (Fsp3) is 0.556. The monoisotopic (exact) mass is 415 g/mol. The molecule has 0 saturated carbocycles. The van der Waals surface area contributed by atoms with Crippen molar-refractivity contribution in [1.29, 1.82) is 0 Å². The number of amides is 2. The molecule has 1 aromatic carbocycles. The minimum absolute atomic E-state index is 0.0116. The van der Waals surface area contributed by atoms with Crippen LogP contribution in [-0.2, 0) is 26.2 Å². The van der Waals surface area contributed by atoms with Crippen molar-refractivity contribution < 1.29 is 26.8 Å². The van der Waals surface area contributed by atoms with E-state index in [4.69, 9.17) is 0 Å². The van der Waals surface area contributed by atoms with Gasteiger partial charge in [-0.25, -0.2) is 17.2 Å². The first-order valence-corrected chi connectivity index (χ1v) is 10.9. The lowest BCUT2D eigenvalue weighted by molar-refractivity contribution is -0.138. The normalized spacial score (nSPS) is 23.4. The van der Waals surface area contributed by atoms with Gasteiger partial charge >= 0.3 is 0 Å². The van der Waals surface area contributed by atoms with Crippen molar-refractivity contribution >= 4 is 21.8 Å². The fourth-order valence-electron chi connectivity index (χ4n) is 3.86. The molecule has 2 amide bonds. The van der Waals surface area contributed by atoms with E-state index in [2.05, 4.69) is 5.32 Å². The van der Waals surface area contributed by atoms with Gasteiger partial charge in [0.05, 0.1) is 18.8 Å². The van der Waals surface area contributed by atoms with E-state index in [9.17, 15) is 26.8 Å². The Kier molecular flexibility index (Phi) is 5.99. The van der Waals surface area contributed by atoms with Crippen LogP contribution in [0.4, 0.5) is 8.78 Å². The number of hydrogen-bond acceptors (Lipinski definition) is 4. The molecule has 0 bridgehead atoms. The molecule has 0 aromatic heterocycles. The third-order valence-electron chi connectivity index (χ3n) is 5.33. The maximum atomic E-state index is 13.7. The van der Waals surface area contributed by atoms with Gasteiger partial charge < -0.3 is 10.2 Å². The van der Waals surface area contributed by atoms with Gasteiger partial charge in [-0.05, 0) is 37.0 Å². The summed E-state index contributed by atoms with van der Waals surface area (Å²) in [5.74, 6) is -1.96. The third-order valence-corrected chi connectivity index (χ3v) is 6.56. The van der Waals surface area contributed by atoms with Crippen LogP contribution in [0.25, 0.3) is 0 Å². The summed E-state index contributed by atoms with van der Waals surface area (Å²) in [5, 5.41) is 2.51. The number of carbonyl (C=O) groups is 2. The Hall–Kier alpha value is -2.07. The molecule has 3 rings (SSSR count). The van der Waals surface area contributed by atoms with E-state index < -0.39 is 27.6 Å². The van der Waals surface area contributed by atoms with Crippen molar-refractivity contribution in [2.45, 2.75) is 31.8 Å². The quantitative estimate of drug-likeness (QED) is 0.773. The standard InChI is InChI=1S/C18H23F2N3O4S/c1-28(26,27)22-9-12-3-2-4-18(25)23(16(12)10-22)11-17(24)21-8-13-7-14(19)5-6-15(13)20/h5-7,12,16H,2-4,8-11H2,1H3,(H,21,24)/t12-,16+/m1/s1. The minimum atomic E-state index is -3.38. The predicted octanol–water partition coefficient (Wildman–Crippen LogP) is 0.854. The highest BCUT2D eigenvalue weighted by Gasteiger charge is 2.43. The number of halogens is 2. The first-order chi connectivity index (χ1) is 13.1. The van der Waals surface area contributed by atoms with Crippen LogP contribution in [-0.4, -0.2) is 61.4 Å². The molecule has 154 valence electrons. The van der Waals surface area contributed by atoms with Crippen LogP contribution in [0.3, 0.4) is 0 Å². The smallest absolute Gasteiger partial charge is 0.239 e. The zero-order valence-corrected chi connectivity index (χ0v) is 16.3. The Bertz CT molecular complexity index is 878. The van der Waals surface area contributed by atoms with Crippen LogP contribution < -0.4 is 5.32 Å². The predicted molar refractivity (Wildman–Crippen MR) is 97.5 cm³/mol. The Morgan fingerprint density at radius 2 is 2.04 bits per heavy atom. The van der Waals surface area contributed by atoms with Gasteiger partial charge in [-0.15, -0.1) is 0 Å². The molecule has 2 saturated heterocycles. The zero-order valence-electron chi connectivity index (χ0n) is 15.5. The van der Waals surface area contributed by atoms with Crippen LogP contribution >= 0.6 is 0 Å². The average molecular weight is 415 g/mol. The summed E-state index contributed by atoms with van der Waals surface area (Å²) in [5.41, 5.74) is 0.0116. The number of fused-ring (bicyclic) bond motifs is 1. The molecule has 1 N–H and O–H groups in total. The molecule has 2 atom stereocenters. The Balaban J connectivity index is 1.67. The first-order valence-electron chi connectivity index (χ1n) is 9.10. The maximum absolute atomic E-state index is 13.7. The largest absolute Gasteiger partial charge is 0.350 e. The molecule has 10 heteroatoms. The highest BCUT2D eigenvalue weighted by Crippen LogP contribution is 2.31. The van der Waals surface area contributed by atoms with E-state index in [0.717, 1.165) is 30.9 Å². The summed E-state index contributed by atoms with van der Waals surface area (Å²) in [4.78, 5) is 26.3. The highest BCUT2D eigenvalue weighted by atomic mass is 32.2. The van der Waals surface area contributed by atoms with Crippen LogP contribution in [0.15, 0.2) is 18.2 Å². The average Bonchev–Trinajstić information content (AvgIpc) is 2.99. The summed E-state index contributed by atoms with van der Waals surface area (Å²) in [6.45, 7) is 0.0625. The van der Waals surface area contributed by atoms with Gasteiger partial charge in [0.1, 0.15) is 11.6 Å². The van der Waals surface area contributed by atoms with Gasteiger partial charge in [-0.2, -0.15) is 4.31 Å². The second-order valence-corrected chi connectivity index (χ2v) is 9.32. The molecule has 2 aliphatic rings. The summed E-state index contributed by atoms with van der Waals surface area (Å²) in [7, 11) is -3.38. The van der Waals surface area contributed by atoms with Crippen molar-refractivity contribution in [1.82, 2.24) is 14.5 Å². The Morgan fingerprint density at radius 1 is 1.29 bits per heavy atom. The SMILES string of the molecule is CS(=O)(=O)N1C[C@H]2CCCC(=O)N(CC(=O)NCc3cc(F)ccc3F)[C@H]2C1. The van der Waals surface area contributed by atoms with Crippen molar-refractivity contribution in [2.24, 2.45) is 5.92 Å². The highest BCUT2D eigenvalue weighted by molar-refractivity contribution is 7.88.